The molecule has 0 spiro atoms. The summed E-state index contributed by atoms with van der Waals surface area (Å²) in [6.45, 7) is 0. The number of benzene rings is 1. The summed E-state index contributed by atoms with van der Waals surface area (Å²) in [5, 5.41) is -0.748. The first-order valence-corrected chi connectivity index (χ1v) is 4.95. The van der Waals surface area contributed by atoms with E-state index in [9.17, 15) is 4.79 Å². The zero-order valence-corrected chi connectivity index (χ0v) is 8.61. The quantitative estimate of drug-likeness (QED) is 0.638. The SMILES string of the molecule is O=C(c1ccccc1)C(Cl)c1ncc[nH]1. The Labute approximate surface area is 92.1 Å². The molecule has 2 aromatic rings. The van der Waals surface area contributed by atoms with Gasteiger partial charge in [0.15, 0.2) is 11.2 Å². The number of Topliss-reactive ketones (excluding diaryl/α,β-unsaturated/α-hetero) is 1. The van der Waals surface area contributed by atoms with Crippen molar-refractivity contribution in [3.63, 3.8) is 0 Å². The van der Waals surface area contributed by atoms with Crippen molar-refractivity contribution < 1.29 is 4.79 Å². The van der Waals surface area contributed by atoms with E-state index in [4.69, 9.17) is 11.6 Å². The molecule has 1 atom stereocenters. The summed E-state index contributed by atoms with van der Waals surface area (Å²) in [6.07, 6.45) is 3.21. The summed E-state index contributed by atoms with van der Waals surface area (Å²) >= 11 is 5.99. The minimum atomic E-state index is -0.748. The zero-order chi connectivity index (χ0) is 10.7. The number of ketones is 1. The lowest BCUT2D eigenvalue weighted by molar-refractivity contribution is 0.0985. The fourth-order valence-electron chi connectivity index (χ4n) is 1.29. The predicted molar refractivity (Wildman–Crippen MR) is 58.0 cm³/mol. The molecule has 3 nitrogen and oxygen atoms in total. The lowest BCUT2D eigenvalue weighted by atomic mass is 10.1. The first kappa shape index (κ1) is 9.93. The number of aromatic nitrogens is 2. The van der Waals surface area contributed by atoms with E-state index < -0.39 is 5.38 Å². The summed E-state index contributed by atoms with van der Waals surface area (Å²) in [5.74, 6) is 0.331. The number of H-pyrrole nitrogens is 1. The van der Waals surface area contributed by atoms with Gasteiger partial charge in [0.2, 0.25) is 0 Å². The topological polar surface area (TPSA) is 45.8 Å². The van der Waals surface area contributed by atoms with Crippen molar-refractivity contribution in [1.29, 1.82) is 0 Å². The van der Waals surface area contributed by atoms with E-state index in [1.165, 1.54) is 0 Å². The van der Waals surface area contributed by atoms with E-state index in [2.05, 4.69) is 9.97 Å². The first-order chi connectivity index (χ1) is 7.29. The fourth-order valence-corrected chi connectivity index (χ4v) is 1.53. The second-order valence-corrected chi connectivity index (χ2v) is 3.50. The molecule has 0 aliphatic carbocycles. The molecule has 0 fully saturated rings. The van der Waals surface area contributed by atoms with E-state index in [0.29, 0.717) is 11.4 Å². The van der Waals surface area contributed by atoms with Crippen LogP contribution in [-0.4, -0.2) is 15.8 Å². The van der Waals surface area contributed by atoms with Crippen molar-refractivity contribution in [3.05, 3.63) is 54.1 Å². The van der Waals surface area contributed by atoms with Gasteiger partial charge in [0, 0.05) is 18.0 Å². The molecule has 0 saturated carbocycles. The maximum atomic E-state index is 11.9. The van der Waals surface area contributed by atoms with Gasteiger partial charge in [-0.3, -0.25) is 4.79 Å². The van der Waals surface area contributed by atoms with Gasteiger partial charge in [0.05, 0.1) is 0 Å². The minimum Gasteiger partial charge on any atom is -0.347 e. The van der Waals surface area contributed by atoms with Crippen LogP contribution in [0.5, 0.6) is 0 Å². The number of aromatic amines is 1. The van der Waals surface area contributed by atoms with Crippen LogP contribution in [0.2, 0.25) is 0 Å². The van der Waals surface area contributed by atoms with Crippen molar-refractivity contribution in [2.75, 3.05) is 0 Å². The number of nitrogens with one attached hydrogen (secondary N) is 1. The smallest absolute Gasteiger partial charge is 0.188 e. The van der Waals surface area contributed by atoms with Crippen LogP contribution < -0.4 is 0 Å². The van der Waals surface area contributed by atoms with Gasteiger partial charge in [-0.25, -0.2) is 4.98 Å². The Balaban J connectivity index is 2.23. The van der Waals surface area contributed by atoms with Crippen LogP contribution in [0.4, 0.5) is 0 Å². The molecule has 2 rings (SSSR count). The Morgan fingerprint density at radius 3 is 2.67 bits per heavy atom. The van der Waals surface area contributed by atoms with Gasteiger partial charge in [-0.05, 0) is 0 Å². The number of halogens is 1. The second kappa shape index (κ2) is 4.28. The van der Waals surface area contributed by atoms with E-state index in [1.54, 1.807) is 36.7 Å². The standard InChI is InChI=1S/C11H9ClN2O/c12-9(11-13-6-7-14-11)10(15)8-4-2-1-3-5-8/h1-7,9H,(H,13,14). The van der Waals surface area contributed by atoms with Gasteiger partial charge in [0.25, 0.3) is 0 Å². The van der Waals surface area contributed by atoms with Crippen LogP contribution in [0.15, 0.2) is 42.7 Å². The molecule has 0 radical (unpaired) electrons. The molecule has 0 saturated heterocycles. The van der Waals surface area contributed by atoms with Crippen molar-refractivity contribution >= 4 is 17.4 Å². The number of rotatable bonds is 3. The lowest BCUT2D eigenvalue weighted by Gasteiger charge is -2.04. The van der Waals surface area contributed by atoms with Gasteiger partial charge >= 0.3 is 0 Å². The van der Waals surface area contributed by atoms with Crippen molar-refractivity contribution in [2.45, 2.75) is 5.38 Å². The highest BCUT2D eigenvalue weighted by Gasteiger charge is 2.20. The van der Waals surface area contributed by atoms with E-state index in [1.807, 2.05) is 6.07 Å². The summed E-state index contributed by atoms with van der Waals surface area (Å²) < 4.78 is 0. The van der Waals surface area contributed by atoms with Crippen LogP contribution in [0.1, 0.15) is 21.6 Å². The van der Waals surface area contributed by atoms with Crippen LogP contribution in [0.3, 0.4) is 0 Å². The molecule has 4 heteroatoms. The maximum absolute atomic E-state index is 11.9. The Morgan fingerprint density at radius 2 is 2.07 bits per heavy atom. The van der Waals surface area contributed by atoms with Gasteiger partial charge in [-0.2, -0.15) is 0 Å². The molecule has 1 heterocycles. The lowest BCUT2D eigenvalue weighted by Crippen LogP contribution is -2.08. The van der Waals surface area contributed by atoms with Crippen molar-refractivity contribution in [2.24, 2.45) is 0 Å². The third-order valence-corrected chi connectivity index (χ3v) is 2.45. The van der Waals surface area contributed by atoms with E-state index >= 15 is 0 Å². The molecule has 1 unspecified atom stereocenters. The van der Waals surface area contributed by atoms with Gasteiger partial charge in [0.1, 0.15) is 5.82 Å². The van der Waals surface area contributed by atoms with Gasteiger partial charge < -0.3 is 4.98 Å². The Hall–Kier alpha value is -1.61. The molecule has 15 heavy (non-hydrogen) atoms. The predicted octanol–water partition coefficient (Wildman–Crippen LogP) is 2.57. The normalized spacial score (nSPS) is 12.3. The number of carbonyl (C=O) groups is 1. The second-order valence-electron chi connectivity index (χ2n) is 3.07. The first-order valence-electron chi connectivity index (χ1n) is 4.51. The average Bonchev–Trinajstić information content (AvgIpc) is 2.82. The summed E-state index contributed by atoms with van der Waals surface area (Å²) in [7, 11) is 0. The molecule has 0 amide bonds. The van der Waals surface area contributed by atoms with E-state index in [-0.39, 0.29) is 5.78 Å². The molecule has 1 aromatic carbocycles. The monoisotopic (exact) mass is 220 g/mol. The van der Waals surface area contributed by atoms with Crippen LogP contribution >= 0.6 is 11.6 Å². The van der Waals surface area contributed by atoms with Crippen LogP contribution in [0.25, 0.3) is 0 Å². The average molecular weight is 221 g/mol. The summed E-state index contributed by atoms with van der Waals surface area (Å²) in [4.78, 5) is 18.6. The molecular weight excluding hydrogens is 212 g/mol. The Bertz CT molecular complexity index is 439. The van der Waals surface area contributed by atoms with Gasteiger partial charge in [-0.15, -0.1) is 11.6 Å². The molecule has 1 aromatic heterocycles. The molecule has 1 N–H and O–H groups in total. The van der Waals surface area contributed by atoms with Crippen molar-refractivity contribution in [1.82, 2.24) is 9.97 Å². The van der Waals surface area contributed by atoms with Crippen LogP contribution in [-0.2, 0) is 0 Å². The summed E-state index contributed by atoms with van der Waals surface area (Å²) in [6, 6.07) is 8.94. The molecule has 0 aliphatic heterocycles. The third kappa shape index (κ3) is 2.07. The molecule has 76 valence electrons. The summed E-state index contributed by atoms with van der Waals surface area (Å²) in [5.41, 5.74) is 0.592. The fraction of sp³-hybridized carbons (Fsp3) is 0.0909. The third-order valence-electron chi connectivity index (χ3n) is 2.05. The number of nitrogens with zero attached hydrogens (tertiary/aromatic N) is 1. The van der Waals surface area contributed by atoms with Crippen molar-refractivity contribution in [3.8, 4) is 0 Å². The Kier molecular flexibility index (Phi) is 2.83. The van der Waals surface area contributed by atoms with Crippen LogP contribution in [0, 0.1) is 0 Å². The highest BCUT2D eigenvalue weighted by molar-refractivity contribution is 6.33. The molecular formula is C11H9ClN2O. The molecule has 0 bridgehead atoms. The highest BCUT2D eigenvalue weighted by Crippen LogP contribution is 2.21. The largest absolute Gasteiger partial charge is 0.347 e. The van der Waals surface area contributed by atoms with Gasteiger partial charge in [-0.1, -0.05) is 30.3 Å². The number of hydrogen-bond acceptors (Lipinski definition) is 2. The zero-order valence-electron chi connectivity index (χ0n) is 7.85. The Morgan fingerprint density at radius 1 is 1.33 bits per heavy atom. The number of carbonyl (C=O) groups excluding carboxylic acids is 1. The van der Waals surface area contributed by atoms with E-state index in [0.717, 1.165) is 0 Å². The number of alkyl halides is 1. The number of hydrogen-bond donors (Lipinski definition) is 1. The number of imidazole rings is 1. The maximum Gasteiger partial charge on any atom is 0.188 e. The molecule has 0 aliphatic rings. The highest BCUT2D eigenvalue weighted by atomic mass is 35.5. The minimum absolute atomic E-state index is 0.146.